The fraction of sp³-hybridized carbons (Fsp3) is 0. The Morgan fingerprint density at radius 3 is 0.667 bits per heavy atom. The normalized spacial score (nSPS) is 0. The van der Waals surface area contributed by atoms with Crippen molar-refractivity contribution in [2.24, 2.45) is 0 Å². The predicted molar refractivity (Wildman–Crippen MR) is 13.6 cm³/mol. The summed E-state index contributed by atoms with van der Waals surface area (Å²) in [5.74, 6) is 0. The third-order valence-corrected chi connectivity index (χ3v) is 0. The van der Waals surface area contributed by atoms with E-state index in [0.29, 0.717) is 0 Å². The summed E-state index contributed by atoms with van der Waals surface area (Å²) >= 11 is 0. The number of hydrogen-bond acceptors (Lipinski definition) is 0. The summed E-state index contributed by atoms with van der Waals surface area (Å²) in [6, 6.07) is 0. The molecule has 0 amide bonds. The van der Waals surface area contributed by atoms with E-state index in [-0.39, 0.29) is 117 Å². The van der Waals surface area contributed by atoms with E-state index < -0.39 is 0 Å². The van der Waals surface area contributed by atoms with Crippen molar-refractivity contribution in [3.8, 4) is 0 Å². The van der Waals surface area contributed by atoms with Gasteiger partial charge in [-0.3, -0.25) is 0 Å². The van der Waals surface area contributed by atoms with Crippen LogP contribution in [0.25, 0.3) is 0 Å². The fourth-order valence-corrected chi connectivity index (χ4v) is 0. The molecule has 0 unspecified atom stereocenters. The molecule has 0 rings (SSSR count). The quantitative estimate of drug-likeness (QED) is 0.472. The van der Waals surface area contributed by atoms with Gasteiger partial charge in [0.2, 0.25) is 0 Å². The van der Waals surface area contributed by atoms with Gasteiger partial charge in [-0.25, -0.2) is 0 Å². The first-order valence-electron chi connectivity index (χ1n) is 0. The molecule has 0 aliphatic heterocycles. The smallest absolute Gasteiger partial charge is 2.00 e. The van der Waals surface area contributed by atoms with Crippen molar-refractivity contribution in [1.82, 2.24) is 0 Å². The Labute approximate surface area is 114 Å². The van der Waals surface area contributed by atoms with E-state index in [2.05, 4.69) is 0 Å². The monoisotopic (exact) mass is 231 g/mol. The summed E-state index contributed by atoms with van der Waals surface area (Å²) in [6.45, 7) is 0. The molecule has 0 fully saturated rings. The standard InChI is InChI=1S/Ca.Mn.3O.Sr/q2*+2;3*-2;+2. The molecule has 3 nitrogen and oxygen atoms in total. The van der Waals surface area contributed by atoms with E-state index in [1.54, 1.807) is 0 Å². The number of rotatable bonds is 0. The minimum Gasteiger partial charge on any atom is -2.00 e. The molecule has 6 heteroatoms. The molecule has 0 aromatic carbocycles. The summed E-state index contributed by atoms with van der Waals surface area (Å²) in [7, 11) is 0. The third kappa shape index (κ3) is 27.3. The van der Waals surface area contributed by atoms with Gasteiger partial charge in [0.15, 0.2) is 0 Å². The van der Waals surface area contributed by atoms with Crippen molar-refractivity contribution in [3.63, 3.8) is 0 Å². The van der Waals surface area contributed by atoms with Crippen molar-refractivity contribution < 1.29 is 33.5 Å². The molecule has 0 saturated heterocycles. The van der Waals surface area contributed by atoms with Crippen LogP contribution >= 0.6 is 0 Å². The van der Waals surface area contributed by atoms with E-state index >= 15 is 0 Å². The van der Waals surface area contributed by atoms with Gasteiger partial charge in [0.1, 0.15) is 0 Å². The Morgan fingerprint density at radius 1 is 0.667 bits per heavy atom. The van der Waals surface area contributed by atoms with Gasteiger partial charge >= 0.3 is 100 Å². The van der Waals surface area contributed by atoms with Crippen LogP contribution in [-0.2, 0) is 33.5 Å². The van der Waals surface area contributed by atoms with Gasteiger partial charge in [-0.15, -0.1) is 0 Å². The van der Waals surface area contributed by atoms with Crippen LogP contribution in [0, 0.1) is 0 Å². The van der Waals surface area contributed by atoms with Gasteiger partial charge in [0, 0.05) is 0 Å². The molecule has 6 heavy (non-hydrogen) atoms. The maximum atomic E-state index is 0. The van der Waals surface area contributed by atoms with Gasteiger partial charge in [0.05, 0.1) is 0 Å². The molecule has 1 radical (unpaired) electrons. The molecule has 0 aliphatic rings. The molecule has 0 heterocycles. The molecule has 0 aliphatic carbocycles. The summed E-state index contributed by atoms with van der Waals surface area (Å²) in [6.07, 6.45) is 0. The van der Waals surface area contributed by atoms with Crippen molar-refractivity contribution in [2.45, 2.75) is 0 Å². The molecular formula is CaMnO3Sr. The van der Waals surface area contributed by atoms with E-state index in [9.17, 15) is 0 Å². The Balaban J connectivity index is 0. The Morgan fingerprint density at radius 2 is 0.667 bits per heavy atom. The predicted octanol–water partition coefficient (Wildman–Crippen LogP) is -1.12. The molecule has 0 bridgehead atoms. The van der Waals surface area contributed by atoms with E-state index in [1.165, 1.54) is 0 Å². The molecule has 0 spiro atoms. The molecule has 0 aromatic rings. The average molecular weight is 231 g/mol. The van der Waals surface area contributed by atoms with E-state index in [0.717, 1.165) is 0 Å². The first-order valence-corrected chi connectivity index (χ1v) is 0. The molecule has 0 atom stereocenters. The maximum absolute atomic E-state index is 0. The van der Waals surface area contributed by atoms with Crippen LogP contribution < -0.4 is 0 Å². The summed E-state index contributed by atoms with van der Waals surface area (Å²) in [5, 5.41) is 0. The minimum atomic E-state index is 0. The maximum Gasteiger partial charge on any atom is 2.00 e. The fourth-order valence-electron chi connectivity index (χ4n) is 0. The van der Waals surface area contributed by atoms with Gasteiger partial charge in [0.25, 0.3) is 0 Å². The molecule has 0 saturated carbocycles. The Bertz CT molecular complexity index is 10.8. The van der Waals surface area contributed by atoms with E-state index in [1.807, 2.05) is 0 Å². The summed E-state index contributed by atoms with van der Waals surface area (Å²) in [4.78, 5) is 0. The summed E-state index contributed by atoms with van der Waals surface area (Å²) in [5.41, 5.74) is 0. The second-order valence-corrected chi connectivity index (χ2v) is 0. The van der Waals surface area contributed by atoms with Crippen LogP contribution in [0.4, 0.5) is 0 Å². The Kier molecular flexibility index (Phi) is 431. The minimum absolute atomic E-state index is 0. The van der Waals surface area contributed by atoms with Gasteiger partial charge < -0.3 is 16.4 Å². The topological polar surface area (TPSA) is 85.5 Å². The van der Waals surface area contributed by atoms with Crippen molar-refractivity contribution in [1.29, 1.82) is 0 Å². The molecular weight excluding hydrogens is 231 g/mol. The zero-order valence-corrected chi connectivity index (χ0v) is 9.88. The van der Waals surface area contributed by atoms with Gasteiger partial charge in [-0.05, 0) is 0 Å². The van der Waals surface area contributed by atoms with Crippen LogP contribution in [0.3, 0.4) is 0 Å². The molecule has 0 N–H and O–H groups in total. The first kappa shape index (κ1) is 61.4. The first-order chi connectivity index (χ1) is 0. The third-order valence-electron chi connectivity index (χ3n) is 0. The average Bonchev–Trinajstić information content (AvgIpc) is 0. The van der Waals surface area contributed by atoms with Crippen molar-refractivity contribution in [2.75, 3.05) is 0 Å². The largest absolute Gasteiger partial charge is 2.00 e. The Hall–Kier alpha value is 3.14. The number of hydrogen-bond donors (Lipinski definition) is 0. The van der Waals surface area contributed by atoms with Crippen LogP contribution in [-0.4, -0.2) is 83.2 Å². The van der Waals surface area contributed by atoms with E-state index in [4.69, 9.17) is 0 Å². The molecule has 29 valence electrons. The van der Waals surface area contributed by atoms with Gasteiger partial charge in [-0.2, -0.15) is 0 Å². The van der Waals surface area contributed by atoms with Crippen LogP contribution in [0.1, 0.15) is 0 Å². The second kappa shape index (κ2) is 42.1. The van der Waals surface area contributed by atoms with Crippen LogP contribution in [0.5, 0.6) is 0 Å². The van der Waals surface area contributed by atoms with Crippen molar-refractivity contribution in [3.05, 3.63) is 0 Å². The second-order valence-electron chi connectivity index (χ2n) is 0. The van der Waals surface area contributed by atoms with Crippen LogP contribution in [0.15, 0.2) is 0 Å². The van der Waals surface area contributed by atoms with Gasteiger partial charge in [-0.1, -0.05) is 0 Å². The summed E-state index contributed by atoms with van der Waals surface area (Å²) < 4.78 is 0. The zero-order valence-electron chi connectivity index (χ0n) is 3.02. The SMILES string of the molecule is [Ca+2].[Mn+2].[O-2].[O-2].[O-2].[Sr+2]. The molecule has 0 aromatic heterocycles. The van der Waals surface area contributed by atoms with Crippen LogP contribution in [0.2, 0.25) is 0 Å². The van der Waals surface area contributed by atoms with Crippen molar-refractivity contribution >= 4 is 83.2 Å². The zero-order chi connectivity index (χ0) is 0.